The molecule has 25 rings (SSSR count). The van der Waals surface area contributed by atoms with Gasteiger partial charge in [-0.2, -0.15) is 0 Å². The Labute approximate surface area is 631 Å². The molecule has 0 radical (unpaired) electrons. The van der Waals surface area contributed by atoms with Crippen LogP contribution in [0.1, 0.15) is 55.4 Å². The summed E-state index contributed by atoms with van der Waals surface area (Å²) in [5.41, 5.74) is 0. The molecule has 27 N–H and O–H groups in total. The van der Waals surface area contributed by atoms with E-state index in [1.54, 1.807) is 0 Å². The first-order valence-electron chi connectivity index (χ1n) is 36.5. The van der Waals surface area contributed by atoms with Gasteiger partial charge in [-0.3, -0.25) is 0 Å². The van der Waals surface area contributed by atoms with Crippen LogP contribution in [0.3, 0.4) is 0 Å². The van der Waals surface area contributed by atoms with Crippen LogP contribution in [0.2, 0.25) is 0 Å². The summed E-state index contributed by atoms with van der Waals surface area (Å²) in [7, 11) is 2.46. The second kappa shape index (κ2) is 46.5. The first kappa shape index (κ1) is 98.7. The van der Waals surface area contributed by atoms with Crippen molar-refractivity contribution < 1.29 is 228 Å². The van der Waals surface area contributed by atoms with Gasteiger partial charge in [0.15, 0.2) is 56.6 Å². The number of hydrogen-bond acceptors (Lipinski definition) is 46. The summed E-state index contributed by atoms with van der Waals surface area (Å²) in [6.07, 6.45) is -80.9. The van der Waals surface area contributed by atoms with Crippen molar-refractivity contribution in [1.82, 2.24) is 0 Å². The summed E-state index contributed by atoms with van der Waals surface area (Å²) in [4.78, 5) is 0. The number of ether oxygens (including phenoxy) is 19. The van der Waals surface area contributed by atoms with Crippen molar-refractivity contribution >= 4 is 0 Å². The third-order valence-corrected chi connectivity index (χ3v) is 19.2. The van der Waals surface area contributed by atoms with Crippen LogP contribution in [0.4, 0.5) is 0 Å². The van der Waals surface area contributed by atoms with Gasteiger partial charge in [0.25, 0.3) is 0 Å². The van der Waals surface area contributed by atoms with Crippen LogP contribution in [0, 0.1) is 0 Å². The summed E-state index contributed by atoms with van der Waals surface area (Å²) in [5, 5.41) is 287. The fourth-order valence-electron chi connectivity index (χ4n) is 13.4. The van der Waals surface area contributed by atoms with Gasteiger partial charge in [0.2, 0.25) is 0 Å². The lowest BCUT2D eigenvalue weighted by Crippen LogP contribution is -2.69. The molecule has 46 heteroatoms. The maximum Gasteiger partial charge on any atom is 0.187 e. The van der Waals surface area contributed by atoms with Crippen molar-refractivity contribution in [3.8, 4) is 0 Å². The van der Waals surface area contributed by atoms with Gasteiger partial charge in [0.05, 0.1) is 59.5 Å². The van der Waals surface area contributed by atoms with Crippen LogP contribution in [-0.2, 0) is 90.0 Å². The first-order valence-corrected chi connectivity index (χ1v) is 36.5. The molecule has 25 aliphatic rings. The number of hydrogen-bond donors (Lipinski definition) is 27. The SMILES string of the molecule is CC.CC.CC.CC.COC1OC(CO)C(OC2OC(CO)C(OC3OC(CO)C(OC)C(O)C3O)C(O)C2O)C(O)C1O.OCC1O[C@@H]2O[C@@H]3C(CO)O[C@H](O[C@@H]4C(CO)O[C@@H](O[C@@H]5C(CO)O[C@@H](O[C@@H]6C(CO)O[C@H](O[C@@H]7C(CO)O[C@H](O[C@H]1C(O)C2O)C(O)C7O)C(O)C6O)C(O)C5O)C(O)C4O)C(O)C3O. The van der Waals surface area contributed by atoms with Crippen LogP contribution < -0.4 is 0 Å². The topological polar surface area (TPSA) is 722 Å². The molecule has 25 fully saturated rings. The normalized spacial score (nSPS) is 49.9. The van der Waals surface area contributed by atoms with Crippen LogP contribution in [0.15, 0.2) is 0 Å². The maximum absolute atomic E-state index is 11.2. The Hall–Kier alpha value is -1.84. The molecule has 0 saturated carbocycles. The Morgan fingerprint density at radius 1 is 0.182 bits per heavy atom. The molecule has 0 aromatic carbocycles. The summed E-state index contributed by atoms with van der Waals surface area (Å²) < 4.78 is 105. The smallest absolute Gasteiger partial charge is 0.187 e. The van der Waals surface area contributed by atoms with Gasteiger partial charge in [0.1, 0.15) is 220 Å². The second-order valence-corrected chi connectivity index (χ2v) is 25.6. The third kappa shape index (κ3) is 21.8. The van der Waals surface area contributed by atoms with Crippen LogP contribution in [0.25, 0.3) is 0 Å². The predicted octanol–water partition coefficient (Wildman–Crippen LogP) is -15.2. The van der Waals surface area contributed by atoms with Crippen molar-refractivity contribution in [2.75, 3.05) is 73.7 Å². The Balaban J connectivity index is 0.000000416. The zero-order chi connectivity index (χ0) is 82.8. The number of aliphatic hydroxyl groups excluding tert-OH is 27. The molecular formula is C64H120O46. The molecule has 0 aromatic rings. The van der Waals surface area contributed by atoms with E-state index < -0.39 is 336 Å². The zero-order valence-electron chi connectivity index (χ0n) is 62.2. The standard InChI is InChI=1S/C36H60O30.C20H36O16.4C2H6/c37-1-7-25-13(43)19(49)31(55-7)62-26-8(2-38)57-33(21(51)15(26)45)64-28-10(4-40)59-35(23(53)17(28)47)66-30-12(6-42)60-36(24(54)18(30)48)65-29-11(5-41)58-34(22(52)16(29)46)63-27-9(3-39)56-32(61-25)20(50)14(27)44;1-30-15-6(3-21)33-19(13(28)9(15)24)36-17-8(5-23)34-20(14(29)11(17)26)35-16-7(4-22)32-18(31-2)12(27)10(16)25;4*1-2/h7-54H,1-6H2;6-29H,3-5H2,1-2H3;4*1-2H3/t7?,8?,9?,10?,11?,12?,13?,14?,15?,16?,17?,18?,19?,20?,21?,22?,23?,24?,25-,26-,27-,28-,29-,30-,31-,32-,33-,34-,35+,36+;;;;;/m1...../s1. The number of rotatable bonds is 15. The monoisotopic (exact) mass is 1620 g/mol. The van der Waals surface area contributed by atoms with Crippen molar-refractivity contribution in [3.63, 3.8) is 0 Å². The minimum Gasteiger partial charge on any atom is -0.394 e. The highest BCUT2D eigenvalue weighted by Gasteiger charge is 2.60. The molecule has 652 valence electrons. The van der Waals surface area contributed by atoms with Crippen molar-refractivity contribution in [3.05, 3.63) is 0 Å². The van der Waals surface area contributed by atoms with Crippen LogP contribution >= 0.6 is 0 Å². The van der Waals surface area contributed by atoms with E-state index in [0.717, 1.165) is 0 Å². The molecule has 46 nitrogen and oxygen atoms in total. The van der Waals surface area contributed by atoms with E-state index in [2.05, 4.69) is 0 Å². The van der Waals surface area contributed by atoms with E-state index in [1.807, 2.05) is 55.4 Å². The highest BCUT2D eigenvalue weighted by atomic mass is 16.8. The lowest BCUT2D eigenvalue weighted by molar-refractivity contribution is -0.404. The summed E-state index contributed by atoms with van der Waals surface area (Å²) in [5.74, 6) is 0. The van der Waals surface area contributed by atoms with Gasteiger partial charge in [-0.1, -0.05) is 55.4 Å². The molecule has 33 unspecified atom stereocenters. The zero-order valence-corrected chi connectivity index (χ0v) is 62.2. The minimum atomic E-state index is -2.15. The molecule has 0 aromatic heterocycles. The highest BCUT2D eigenvalue weighted by Crippen LogP contribution is 2.40. The van der Waals surface area contributed by atoms with E-state index in [1.165, 1.54) is 14.2 Å². The molecule has 25 heterocycles. The number of aliphatic hydroxyl groups is 27. The van der Waals surface area contributed by atoms with Crippen molar-refractivity contribution in [1.29, 1.82) is 0 Å². The quantitative estimate of drug-likeness (QED) is 0.0724. The third-order valence-electron chi connectivity index (χ3n) is 19.2. The molecule has 0 amide bonds. The van der Waals surface area contributed by atoms with Gasteiger partial charge < -0.3 is 228 Å². The molecule has 0 aliphatic carbocycles. The molecular weight excluding hydrogens is 1500 g/mol. The van der Waals surface area contributed by atoms with Crippen LogP contribution in [-0.4, -0.2) is 488 Å². The molecule has 25 aliphatic heterocycles. The molecule has 45 atom stereocenters. The Morgan fingerprint density at radius 2 is 0.355 bits per heavy atom. The lowest BCUT2D eigenvalue weighted by Gasteiger charge is -2.50. The Bertz CT molecular complexity index is 2210. The Morgan fingerprint density at radius 3 is 0.536 bits per heavy atom. The fourth-order valence-corrected chi connectivity index (χ4v) is 13.4. The summed E-state index contributed by atoms with van der Waals surface area (Å²) in [6.45, 7) is 7.97. The van der Waals surface area contributed by atoms with Gasteiger partial charge >= 0.3 is 0 Å². The summed E-state index contributed by atoms with van der Waals surface area (Å²) in [6, 6.07) is 0. The van der Waals surface area contributed by atoms with E-state index in [4.69, 9.17) is 90.0 Å². The van der Waals surface area contributed by atoms with Crippen LogP contribution in [0.5, 0.6) is 0 Å². The van der Waals surface area contributed by atoms with E-state index >= 15 is 0 Å². The van der Waals surface area contributed by atoms with Gasteiger partial charge in [-0.25, -0.2) is 0 Å². The van der Waals surface area contributed by atoms with Gasteiger partial charge in [-0.15, -0.1) is 0 Å². The first-order chi connectivity index (χ1) is 52.5. The average Bonchev–Trinajstić information content (AvgIpc) is 0.772. The second-order valence-electron chi connectivity index (χ2n) is 25.6. The highest BCUT2D eigenvalue weighted by molar-refractivity contribution is 5.03. The molecule has 110 heavy (non-hydrogen) atoms. The average molecular weight is 1630 g/mol. The predicted molar refractivity (Wildman–Crippen MR) is 352 cm³/mol. The van der Waals surface area contributed by atoms with E-state index in [-0.39, 0.29) is 0 Å². The summed E-state index contributed by atoms with van der Waals surface area (Å²) >= 11 is 0. The molecule has 12 bridgehead atoms. The lowest BCUT2D eigenvalue weighted by atomic mass is 9.94. The van der Waals surface area contributed by atoms with Crippen molar-refractivity contribution in [2.24, 2.45) is 0 Å². The van der Waals surface area contributed by atoms with Gasteiger partial charge in [-0.05, 0) is 0 Å². The van der Waals surface area contributed by atoms with Gasteiger partial charge in [0, 0.05) is 14.2 Å². The molecule has 0 spiro atoms. The minimum absolute atomic E-state index is 0.596. The fraction of sp³-hybridized carbons (Fsp3) is 1.00. The molecule has 25 saturated heterocycles. The Kier molecular flexibility index (Phi) is 41.7. The van der Waals surface area contributed by atoms with Crippen molar-refractivity contribution in [2.45, 2.75) is 332 Å². The number of methoxy groups -OCH3 is 2. The van der Waals surface area contributed by atoms with E-state index in [9.17, 15) is 138 Å². The van der Waals surface area contributed by atoms with E-state index in [0.29, 0.717) is 0 Å². The largest absolute Gasteiger partial charge is 0.394 e. The maximum atomic E-state index is 11.2.